The number of carbonyl (C=O) groups is 1. The highest BCUT2D eigenvalue weighted by molar-refractivity contribution is 7.71. The minimum Gasteiger partial charge on any atom is -0.496 e. The summed E-state index contributed by atoms with van der Waals surface area (Å²) in [6.07, 6.45) is 2.90. The SMILES string of the molecule is COC(=O)C1=Cc2c(OC)cc(OC)c(=Cc3c(O)[nH]c(=S)[nH]c3=O)c2=N1. The Morgan fingerprint density at radius 3 is 2.52 bits per heavy atom. The number of hydrogen-bond acceptors (Lipinski definition) is 8. The lowest BCUT2D eigenvalue weighted by Crippen LogP contribution is -2.30. The molecule has 0 saturated heterocycles. The van der Waals surface area contributed by atoms with Crippen molar-refractivity contribution < 1.29 is 24.1 Å². The molecular formula is C17H15N3O6S. The summed E-state index contributed by atoms with van der Waals surface area (Å²) >= 11 is 4.83. The predicted octanol–water partition coefficient (Wildman–Crippen LogP) is 0.131. The summed E-state index contributed by atoms with van der Waals surface area (Å²) in [6, 6.07) is 1.59. The lowest BCUT2D eigenvalue weighted by atomic mass is 10.1. The number of methoxy groups -OCH3 is 3. The van der Waals surface area contributed by atoms with E-state index in [1.807, 2.05) is 0 Å². The number of benzene rings is 1. The Morgan fingerprint density at radius 1 is 1.22 bits per heavy atom. The summed E-state index contributed by atoms with van der Waals surface area (Å²) < 4.78 is 15.4. The molecule has 0 saturated carbocycles. The van der Waals surface area contributed by atoms with Crippen LogP contribution in [0.3, 0.4) is 0 Å². The van der Waals surface area contributed by atoms with E-state index >= 15 is 0 Å². The van der Waals surface area contributed by atoms with E-state index in [2.05, 4.69) is 15.0 Å². The molecule has 140 valence electrons. The van der Waals surface area contributed by atoms with Crippen LogP contribution >= 0.6 is 12.2 Å². The van der Waals surface area contributed by atoms with Crippen molar-refractivity contribution in [2.75, 3.05) is 21.3 Å². The number of H-pyrrole nitrogens is 2. The molecule has 0 bridgehead atoms. The molecule has 0 radical (unpaired) electrons. The van der Waals surface area contributed by atoms with E-state index in [-0.39, 0.29) is 16.0 Å². The van der Waals surface area contributed by atoms with Gasteiger partial charge in [-0.05, 0) is 24.4 Å². The molecule has 0 amide bonds. The number of ether oxygens (including phenoxy) is 3. The Hall–Kier alpha value is -3.40. The first-order valence-corrected chi connectivity index (χ1v) is 8.01. The molecule has 1 aromatic heterocycles. The van der Waals surface area contributed by atoms with Crippen molar-refractivity contribution in [1.29, 1.82) is 0 Å². The number of aromatic amines is 2. The van der Waals surface area contributed by atoms with E-state index < -0.39 is 17.4 Å². The Balaban J connectivity index is 2.41. The van der Waals surface area contributed by atoms with Gasteiger partial charge >= 0.3 is 5.97 Å². The summed E-state index contributed by atoms with van der Waals surface area (Å²) in [5.41, 5.74) is -0.0814. The number of nitrogens with zero attached hydrogens (tertiary/aromatic N) is 1. The van der Waals surface area contributed by atoms with Crippen LogP contribution in [0.1, 0.15) is 11.1 Å². The van der Waals surface area contributed by atoms with Gasteiger partial charge in [0, 0.05) is 16.8 Å². The first-order chi connectivity index (χ1) is 12.9. The normalized spacial score (nSPS) is 12.9. The standard InChI is InChI=1S/C17H15N3O6S/c1-24-11-6-12(25-2)8-5-10(16(23)26-3)18-13(8)7(11)4-9-14(21)19-17(27)20-15(9)22/h4-6H,1-3H3,(H3,19,20,21,22,27). The number of hydrogen-bond donors (Lipinski definition) is 3. The molecular weight excluding hydrogens is 374 g/mol. The van der Waals surface area contributed by atoms with Gasteiger partial charge in [0.1, 0.15) is 22.8 Å². The first kappa shape index (κ1) is 18.4. The number of aromatic hydroxyl groups is 1. The summed E-state index contributed by atoms with van der Waals surface area (Å²) in [4.78, 5) is 33.2. The highest BCUT2D eigenvalue weighted by atomic mass is 32.1. The molecule has 0 spiro atoms. The molecule has 27 heavy (non-hydrogen) atoms. The van der Waals surface area contributed by atoms with Crippen molar-refractivity contribution in [2.24, 2.45) is 4.99 Å². The third kappa shape index (κ3) is 3.22. The average Bonchev–Trinajstić information content (AvgIpc) is 3.08. The van der Waals surface area contributed by atoms with Crippen LogP contribution < -0.4 is 25.6 Å². The van der Waals surface area contributed by atoms with E-state index in [1.165, 1.54) is 33.5 Å². The number of nitrogens with one attached hydrogen (secondary N) is 2. The van der Waals surface area contributed by atoms with Gasteiger partial charge in [-0.3, -0.25) is 9.78 Å². The molecule has 1 aliphatic rings. The van der Waals surface area contributed by atoms with Gasteiger partial charge in [0.25, 0.3) is 5.56 Å². The fourth-order valence-electron chi connectivity index (χ4n) is 2.65. The van der Waals surface area contributed by atoms with Gasteiger partial charge in [-0.1, -0.05) is 0 Å². The Bertz CT molecular complexity index is 1210. The van der Waals surface area contributed by atoms with Gasteiger partial charge in [-0.15, -0.1) is 0 Å². The number of esters is 1. The second kappa shape index (κ2) is 7.08. The number of carbonyl (C=O) groups excluding carboxylic acids is 1. The van der Waals surface area contributed by atoms with E-state index in [0.29, 0.717) is 27.6 Å². The lowest BCUT2D eigenvalue weighted by molar-refractivity contribution is -0.136. The molecule has 0 atom stereocenters. The zero-order valence-corrected chi connectivity index (χ0v) is 15.4. The van der Waals surface area contributed by atoms with E-state index in [0.717, 1.165) is 0 Å². The van der Waals surface area contributed by atoms with E-state index in [4.69, 9.17) is 26.4 Å². The van der Waals surface area contributed by atoms with Crippen molar-refractivity contribution in [3.8, 4) is 17.4 Å². The van der Waals surface area contributed by atoms with Crippen LogP contribution in [0.2, 0.25) is 0 Å². The van der Waals surface area contributed by atoms with Crippen molar-refractivity contribution in [1.82, 2.24) is 9.97 Å². The largest absolute Gasteiger partial charge is 0.496 e. The Morgan fingerprint density at radius 2 is 1.93 bits per heavy atom. The third-order valence-corrected chi connectivity index (χ3v) is 4.10. The number of aromatic nitrogens is 2. The third-order valence-electron chi connectivity index (χ3n) is 3.90. The zero-order chi connectivity index (χ0) is 19.7. The van der Waals surface area contributed by atoms with Crippen LogP contribution in [-0.4, -0.2) is 42.4 Å². The summed E-state index contributed by atoms with van der Waals surface area (Å²) in [5, 5.41) is 10.8. The molecule has 2 aromatic rings. The quantitative estimate of drug-likeness (QED) is 0.501. The van der Waals surface area contributed by atoms with Crippen LogP contribution in [0, 0.1) is 4.77 Å². The Labute approximate surface area is 157 Å². The van der Waals surface area contributed by atoms with Crippen LogP contribution in [0.4, 0.5) is 0 Å². The molecule has 3 N–H and O–H groups in total. The second-order valence-electron chi connectivity index (χ2n) is 5.40. The minimum atomic E-state index is -0.623. The number of fused-ring (bicyclic) bond motifs is 1. The molecule has 3 rings (SSSR count). The molecule has 0 aliphatic carbocycles. The van der Waals surface area contributed by atoms with Crippen molar-refractivity contribution >= 4 is 30.3 Å². The van der Waals surface area contributed by atoms with Crippen LogP contribution in [-0.2, 0) is 9.53 Å². The predicted molar refractivity (Wildman–Crippen MR) is 97.8 cm³/mol. The maximum absolute atomic E-state index is 12.2. The first-order valence-electron chi connectivity index (χ1n) is 7.60. The summed E-state index contributed by atoms with van der Waals surface area (Å²) in [7, 11) is 4.15. The fraction of sp³-hybridized carbons (Fsp3) is 0.176. The monoisotopic (exact) mass is 389 g/mol. The molecule has 2 heterocycles. The molecule has 1 aromatic carbocycles. The van der Waals surface area contributed by atoms with Gasteiger partial charge < -0.3 is 24.3 Å². The molecule has 9 nitrogen and oxygen atoms in total. The van der Waals surface area contributed by atoms with Crippen molar-refractivity contribution in [3.63, 3.8) is 0 Å². The van der Waals surface area contributed by atoms with Gasteiger partial charge in [-0.25, -0.2) is 9.79 Å². The smallest absolute Gasteiger partial charge is 0.356 e. The average molecular weight is 389 g/mol. The highest BCUT2D eigenvalue weighted by Crippen LogP contribution is 2.24. The van der Waals surface area contributed by atoms with Crippen molar-refractivity contribution in [2.45, 2.75) is 0 Å². The lowest BCUT2D eigenvalue weighted by Gasteiger charge is -2.08. The molecule has 10 heteroatoms. The van der Waals surface area contributed by atoms with E-state index in [9.17, 15) is 14.7 Å². The van der Waals surface area contributed by atoms with Gasteiger partial charge in [0.2, 0.25) is 5.88 Å². The van der Waals surface area contributed by atoms with Gasteiger partial charge in [-0.2, -0.15) is 0 Å². The van der Waals surface area contributed by atoms with Crippen LogP contribution in [0.15, 0.2) is 21.6 Å². The maximum atomic E-state index is 12.2. The van der Waals surface area contributed by atoms with Gasteiger partial charge in [0.15, 0.2) is 4.77 Å². The van der Waals surface area contributed by atoms with Crippen molar-refractivity contribution in [3.05, 3.63) is 48.6 Å². The summed E-state index contributed by atoms with van der Waals surface area (Å²) in [6.45, 7) is 0. The molecule has 0 unspecified atom stereocenters. The maximum Gasteiger partial charge on any atom is 0.356 e. The van der Waals surface area contributed by atoms with E-state index in [1.54, 1.807) is 6.07 Å². The fourth-order valence-corrected chi connectivity index (χ4v) is 2.84. The van der Waals surface area contributed by atoms with Gasteiger partial charge in [0.05, 0.1) is 26.7 Å². The summed E-state index contributed by atoms with van der Waals surface area (Å²) in [5.74, 6) is -0.278. The molecule has 0 fully saturated rings. The highest BCUT2D eigenvalue weighted by Gasteiger charge is 2.21. The van der Waals surface area contributed by atoms with Crippen LogP contribution in [0.5, 0.6) is 17.4 Å². The van der Waals surface area contributed by atoms with Crippen LogP contribution in [0.25, 0.3) is 12.2 Å². The Kier molecular flexibility index (Phi) is 4.82. The second-order valence-corrected chi connectivity index (χ2v) is 5.81. The molecule has 1 aliphatic heterocycles. The number of rotatable bonds is 4. The topological polar surface area (TPSA) is 126 Å². The minimum absolute atomic E-state index is 0.0130. The zero-order valence-electron chi connectivity index (χ0n) is 14.6.